The second-order valence-electron chi connectivity index (χ2n) is 3.82. The number of aryl methyl sites for hydroxylation is 1. The molecule has 1 aromatic carbocycles. The van der Waals surface area contributed by atoms with Gasteiger partial charge in [-0.15, -0.1) is 5.26 Å². The van der Waals surface area contributed by atoms with Gasteiger partial charge in [-0.2, -0.15) is 0 Å². The fraction of sp³-hybridized carbons (Fsp3) is 0.143. The number of halogens is 1. The molecule has 0 spiro atoms. The molecule has 2 rings (SSSR count). The quantitative estimate of drug-likeness (QED) is 0.791. The van der Waals surface area contributed by atoms with Gasteiger partial charge in [0.1, 0.15) is 12.4 Å². The molecule has 0 aliphatic carbocycles. The van der Waals surface area contributed by atoms with Crippen LogP contribution in [0.25, 0.3) is 0 Å². The highest BCUT2D eigenvalue weighted by Gasteiger charge is 2.11. The van der Waals surface area contributed by atoms with Gasteiger partial charge in [0.2, 0.25) is 5.88 Å². The van der Waals surface area contributed by atoms with Gasteiger partial charge in [0.25, 0.3) is 6.26 Å². The van der Waals surface area contributed by atoms with Crippen LogP contribution in [0.1, 0.15) is 11.1 Å². The van der Waals surface area contributed by atoms with E-state index in [0.29, 0.717) is 5.88 Å². The fourth-order valence-corrected chi connectivity index (χ4v) is 1.59. The molecule has 96 valence electrons. The van der Waals surface area contributed by atoms with Crippen molar-refractivity contribution >= 4 is 0 Å². The molecule has 0 amide bonds. The third-order valence-corrected chi connectivity index (χ3v) is 2.55. The predicted octanol–water partition coefficient (Wildman–Crippen LogP) is 2.97. The number of benzene rings is 1. The Hall–Kier alpha value is -2.61. The minimum Gasteiger partial charge on any atom is -0.472 e. The van der Waals surface area contributed by atoms with Crippen molar-refractivity contribution in [2.24, 2.45) is 0 Å². The van der Waals surface area contributed by atoms with Gasteiger partial charge >= 0.3 is 0 Å². The topological polar surface area (TPSA) is 55.1 Å². The number of rotatable bonds is 4. The largest absolute Gasteiger partial charge is 0.472 e. The molecule has 2 aromatic rings. The maximum atomic E-state index is 13.7. The van der Waals surface area contributed by atoms with E-state index in [0.717, 1.165) is 5.56 Å². The van der Waals surface area contributed by atoms with Crippen molar-refractivity contribution in [1.82, 2.24) is 4.98 Å². The van der Waals surface area contributed by atoms with Crippen molar-refractivity contribution in [2.45, 2.75) is 13.5 Å². The van der Waals surface area contributed by atoms with Crippen LogP contribution in [0.3, 0.4) is 0 Å². The smallest absolute Gasteiger partial charge is 0.292 e. The molecule has 5 heteroatoms. The van der Waals surface area contributed by atoms with E-state index in [1.165, 1.54) is 24.5 Å². The predicted molar refractivity (Wildman–Crippen MR) is 65.9 cm³/mol. The number of hydrogen-bond acceptors (Lipinski definition) is 4. The Morgan fingerprint density at radius 2 is 2.16 bits per heavy atom. The van der Waals surface area contributed by atoms with Crippen molar-refractivity contribution in [3.8, 4) is 17.9 Å². The lowest BCUT2D eigenvalue weighted by Crippen LogP contribution is -2.03. The van der Waals surface area contributed by atoms with E-state index < -0.39 is 5.82 Å². The second-order valence-corrected chi connectivity index (χ2v) is 3.82. The molecular weight excluding hydrogens is 247 g/mol. The Balaban J connectivity index is 2.20. The Morgan fingerprint density at radius 1 is 1.32 bits per heavy atom. The molecule has 0 fully saturated rings. The first-order valence-electron chi connectivity index (χ1n) is 5.60. The summed E-state index contributed by atoms with van der Waals surface area (Å²) in [5.74, 6) is 0.0890. The Morgan fingerprint density at radius 3 is 2.89 bits per heavy atom. The highest BCUT2D eigenvalue weighted by atomic mass is 19.1. The van der Waals surface area contributed by atoms with Gasteiger partial charge < -0.3 is 9.47 Å². The average molecular weight is 258 g/mol. The third kappa shape index (κ3) is 2.99. The van der Waals surface area contributed by atoms with Gasteiger partial charge in [-0.1, -0.05) is 12.1 Å². The summed E-state index contributed by atoms with van der Waals surface area (Å²) in [5, 5.41) is 8.52. The Bertz CT molecular complexity index is 623. The summed E-state index contributed by atoms with van der Waals surface area (Å²) in [4.78, 5) is 4.05. The van der Waals surface area contributed by atoms with Crippen molar-refractivity contribution < 1.29 is 13.9 Å². The van der Waals surface area contributed by atoms with Crippen LogP contribution in [0.4, 0.5) is 4.39 Å². The molecule has 0 aliphatic heterocycles. The summed E-state index contributed by atoms with van der Waals surface area (Å²) in [6, 6.07) is 7.90. The molecule has 0 radical (unpaired) electrons. The first-order valence-corrected chi connectivity index (χ1v) is 5.60. The molecule has 0 unspecified atom stereocenters. The molecule has 0 bridgehead atoms. The SMILES string of the molecule is Cc1cccnc1OCc1c(F)cccc1OC#N. The van der Waals surface area contributed by atoms with Crippen LogP contribution in [0.5, 0.6) is 11.6 Å². The number of nitriles is 1. The van der Waals surface area contributed by atoms with E-state index in [9.17, 15) is 4.39 Å². The van der Waals surface area contributed by atoms with Crippen LogP contribution in [-0.4, -0.2) is 4.98 Å². The highest BCUT2D eigenvalue weighted by Crippen LogP contribution is 2.23. The van der Waals surface area contributed by atoms with Crippen molar-refractivity contribution in [3.05, 3.63) is 53.5 Å². The van der Waals surface area contributed by atoms with Gasteiger partial charge in [0, 0.05) is 11.8 Å². The molecule has 4 nitrogen and oxygen atoms in total. The fourth-order valence-electron chi connectivity index (χ4n) is 1.59. The van der Waals surface area contributed by atoms with Gasteiger partial charge in [0.05, 0.1) is 5.56 Å². The molecule has 0 atom stereocenters. The van der Waals surface area contributed by atoms with E-state index in [1.807, 2.05) is 13.0 Å². The van der Waals surface area contributed by atoms with Gasteiger partial charge in [-0.05, 0) is 25.1 Å². The van der Waals surface area contributed by atoms with E-state index in [-0.39, 0.29) is 17.9 Å². The van der Waals surface area contributed by atoms with Crippen molar-refractivity contribution in [1.29, 1.82) is 5.26 Å². The first kappa shape index (κ1) is 12.8. The molecule has 19 heavy (non-hydrogen) atoms. The molecule has 0 N–H and O–H groups in total. The highest BCUT2D eigenvalue weighted by molar-refractivity contribution is 5.35. The third-order valence-electron chi connectivity index (χ3n) is 2.55. The summed E-state index contributed by atoms with van der Waals surface area (Å²) in [7, 11) is 0. The number of nitrogens with zero attached hydrogens (tertiary/aromatic N) is 2. The summed E-state index contributed by atoms with van der Waals surface area (Å²) >= 11 is 0. The van der Waals surface area contributed by atoms with Crippen LogP contribution >= 0.6 is 0 Å². The van der Waals surface area contributed by atoms with Crippen molar-refractivity contribution in [3.63, 3.8) is 0 Å². The lowest BCUT2D eigenvalue weighted by atomic mass is 10.2. The molecule has 1 heterocycles. The van der Waals surface area contributed by atoms with Crippen LogP contribution in [-0.2, 0) is 6.61 Å². The summed E-state index contributed by atoms with van der Waals surface area (Å²) < 4.78 is 23.8. The minimum atomic E-state index is -0.485. The molecule has 0 aliphatic rings. The molecule has 0 saturated heterocycles. The zero-order valence-electron chi connectivity index (χ0n) is 10.3. The number of pyridine rings is 1. The first-order chi connectivity index (χ1) is 9.22. The molecule has 1 aromatic heterocycles. The van der Waals surface area contributed by atoms with Gasteiger partial charge in [-0.25, -0.2) is 9.37 Å². The van der Waals surface area contributed by atoms with Gasteiger partial charge in [0.15, 0.2) is 5.75 Å². The normalized spacial score (nSPS) is 9.74. The Kier molecular flexibility index (Phi) is 3.94. The average Bonchev–Trinajstić information content (AvgIpc) is 2.40. The van der Waals surface area contributed by atoms with E-state index in [1.54, 1.807) is 12.3 Å². The summed E-state index contributed by atoms with van der Waals surface area (Å²) in [6.07, 6.45) is 3.12. The molecule has 0 saturated carbocycles. The molecular formula is C14H11FN2O2. The van der Waals surface area contributed by atoms with Crippen molar-refractivity contribution in [2.75, 3.05) is 0 Å². The zero-order valence-corrected chi connectivity index (χ0v) is 10.3. The second kappa shape index (κ2) is 5.83. The van der Waals surface area contributed by atoms with Crippen LogP contribution < -0.4 is 9.47 Å². The van der Waals surface area contributed by atoms with Crippen LogP contribution in [0, 0.1) is 24.3 Å². The maximum Gasteiger partial charge on any atom is 0.292 e. The van der Waals surface area contributed by atoms with E-state index >= 15 is 0 Å². The standard InChI is InChI=1S/C14H11FN2O2/c1-10-4-3-7-17-14(10)18-8-11-12(15)5-2-6-13(11)19-9-16/h2-7H,8H2,1H3. The lowest BCUT2D eigenvalue weighted by Gasteiger charge is -2.10. The van der Waals surface area contributed by atoms with Crippen LogP contribution in [0.15, 0.2) is 36.5 Å². The number of ether oxygens (including phenoxy) is 2. The lowest BCUT2D eigenvalue weighted by molar-refractivity contribution is 0.280. The summed E-state index contributed by atoms with van der Waals surface area (Å²) in [6.45, 7) is 1.79. The van der Waals surface area contributed by atoms with Gasteiger partial charge in [-0.3, -0.25) is 0 Å². The van der Waals surface area contributed by atoms with Crippen LogP contribution in [0.2, 0.25) is 0 Å². The Labute approximate surface area is 110 Å². The monoisotopic (exact) mass is 258 g/mol. The number of hydrogen-bond donors (Lipinski definition) is 0. The minimum absolute atomic E-state index is 0.0540. The number of aromatic nitrogens is 1. The summed E-state index contributed by atoms with van der Waals surface area (Å²) in [5.41, 5.74) is 1.04. The zero-order chi connectivity index (χ0) is 13.7. The van der Waals surface area contributed by atoms with E-state index in [2.05, 4.69) is 4.98 Å². The van der Waals surface area contributed by atoms with E-state index in [4.69, 9.17) is 14.7 Å². The maximum absolute atomic E-state index is 13.7.